The lowest BCUT2D eigenvalue weighted by Gasteiger charge is -2.24. The molecule has 0 aliphatic heterocycles. The molecule has 0 fully saturated rings. The molecule has 0 spiro atoms. The Morgan fingerprint density at radius 3 is 2.16 bits per heavy atom. The van der Waals surface area contributed by atoms with Crippen LogP contribution in [-0.4, -0.2) is 48.6 Å². The lowest BCUT2D eigenvalue weighted by Crippen LogP contribution is -2.49. The first-order valence-corrected chi connectivity index (χ1v) is 7.32. The monoisotopic (exact) mass is 289 g/mol. The summed E-state index contributed by atoms with van der Waals surface area (Å²) in [5.74, 6) is 0. The first kappa shape index (κ1) is 16.1. The van der Waals surface area contributed by atoms with Gasteiger partial charge in [-0.15, -0.1) is 0 Å². The molecular formula is C12H19NO5S. The third-order valence-electron chi connectivity index (χ3n) is 2.74. The molecule has 0 amide bonds. The Hall–Kier alpha value is -0.990. The number of rotatable bonds is 6. The van der Waals surface area contributed by atoms with Crippen LogP contribution in [0.3, 0.4) is 0 Å². The maximum Gasteiger partial charge on any atom is 0.240 e. The molecule has 7 heteroatoms. The highest BCUT2D eigenvalue weighted by Crippen LogP contribution is 2.12. The minimum atomic E-state index is -3.85. The van der Waals surface area contributed by atoms with E-state index in [1.54, 1.807) is 12.1 Å². The first-order chi connectivity index (χ1) is 8.77. The van der Waals surface area contributed by atoms with Crippen molar-refractivity contribution in [1.29, 1.82) is 0 Å². The summed E-state index contributed by atoms with van der Waals surface area (Å²) in [5.41, 5.74) is 0.918. The Balaban J connectivity index is 2.92. The molecular weight excluding hydrogens is 270 g/mol. The van der Waals surface area contributed by atoms with E-state index in [9.17, 15) is 18.6 Å². The summed E-state index contributed by atoms with van der Waals surface area (Å²) in [6.07, 6.45) is -2.54. The normalized spacial score (nSPS) is 16.9. The quantitative estimate of drug-likeness (QED) is 0.558. The average molecular weight is 289 g/mol. The number of benzene rings is 1. The topological polar surface area (TPSA) is 107 Å². The third-order valence-corrected chi connectivity index (χ3v) is 4.25. The predicted octanol–water partition coefficient (Wildman–Crippen LogP) is -0.624. The maximum atomic E-state index is 12.0. The van der Waals surface area contributed by atoms with Gasteiger partial charge in [-0.3, -0.25) is 0 Å². The van der Waals surface area contributed by atoms with Gasteiger partial charge in [0.2, 0.25) is 10.0 Å². The Kier molecular flexibility index (Phi) is 5.45. The Labute approximate surface area is 112 Å². The minimum Gasteiger partial charge on any atom is -0.395 e. The first-order valence-electron chi connectivity index (χ1n) is 5.84. The summed E-state index contributed by atoms with van der Waals surface area (Å²) >= 11 is 0. The summed E-state index contributed by atoms with van der Waals surface area (Å²) in [7, 11) is -3.85. The molecule has 0 aliphatic carbocycles. The van der Waals surface area contributed by atoms with Crippen LogP contribution in [-0.2, 0) is 10.0 Å². The van der Waals surface area contributed by atoms with Crippen molar-refractivity contribution in [3.63, 3.8) is 0 Å². The smallest absolute Gasteiger partial charge is 0.240 e. The molecule has 0 radical (unpaired) electrons. The molecule has 0 saturated heterocycles. The summed E-state index contributed by atoms with van der Waals surface area (Å²) < 4.78 is 26.2. The molecule has 0 unspecified atom stereocenters. The second-order valence-electron chi connectivity index (χ2n) is 4.45. The van der Waals surface area contributed by atoms with Crippen molar-refractivity contribution in [3.05, 3.63) is 29.8 Å². The molecule has 108 valence electrons. The molecule has 0 heterocycles. The molecule has 4 N–H and O–H groups in total. The molecule has 19 heavy (non-hydrogen) atoms. The second-order valence-corrected chi connectivity index (χ2v) is 6.17. The van der Waals surface area contributed by atoms with Gasteiger partial charge in [0.1, 0.15) is 0 Å². The van der Waals surface area contributed by atoms with Crippen molar-refractivity contribution in [1.82, 2.24) is 4.72 Å². The largest absolute Gasteiger partial charge is 0.395 e. The van der Waals surface area contributed by atoms with Gasteiger partial charge in [0, 0.05) is 0 Å². The zero-order chi connectivity index (χ0) is 14.6. The SMILES string of the molecule is Cc1ccc(S(=O)(=O)N[C@@H](CO)[C@H](O)[C@@H](C)O)cc1. The zero-order valence-electron chi connectivity index (χ0n) is 10.8. The van der Waals surface area contributed by atoms with Crippen molar-refractivity contribution in [2.45, 2.75) is 37.0 Å². The minimum absolute atomic E-state index is 0.0364. The maximum absolute atomic E-state index is 12.0. The van der Waals surface area contributed by atoms with E-state index in [0.29, 0.717) is 0 Å². The molecule has 1 aromatic rings. The van der Waals surface area contributed by atoms with E-state index in [2.05, 4.69) is 4.72 Å². The van der Waals surface area contributed by atoms with Crippen LogP contribution >= 0.6 is 0 Å². The number of nitrogens with one attached hydrogen (secondary N) is 1. The molecule has 6 nitrogen and oxygen atoms in total. The van der Waals surface area contributed by atoms with Crippen molar-refractivity contribution in [2.24, 2.45) is 0 Å². The van der Waals surface area contributed by atoms with Gasteiger partial charge < -0.3 is 15.3 Å². The van der Waals surface area contributed by atoms with Crippen molar-refractivity contribution >= 4 is 10.0 Å². The lowest BCUT2D eigenvalue weighted by molar-refractivity contribution is -0.00120. The Bertz CT molecular complexity index is 497. The summed E-state index contributed by atoms with van der Waals surface area (Å²) in [4.78, 5) is 0.0364. The van der Waals surface area contributed by atoms with Crippen LogP contribution in [0.5, 0.6) is 0 Å². The van der Waals surface area contributed by atoms with Gasteiger partial charge in [-0.1, -0.05) is 17.7 Å². The third kappa shape index (κ3) is 4.26. The zero-order valence-corrected chi connectivity index (χ0v) is 11.6. The number of sulfonamides is 1. The number of aliphatic hydroxyl groups is 3. The highest BCUT2D eigenvalue weighted by Gasteiger charge is 2.28. The predicted molar refractivity (Wildman–Crippen MR) is 70.1 cm³/mol. The van der Waals surface area contributed by atoms with E-state index in [0.717, 1.165) is 5.56 Å². The highest BCUT2D eigenvalue weighted by atomic mass is 32.2. The van der Waals surface area contributed by atoms with Gasteiger partial charge in [-0.2, -0.15) is 0 Å². The van der Waals surface area contributed by atoms with Crippen LogP contribution in [0.2, 0.25) is 0 Å². The van der Waals surface area contributed by atoms with Crippen LogP contribution in [0.1, 0.15) is 12.5 Å². The molecule has 1 rings (SSSR count). The molecule has 1 aromatic carbocycles. The Morgan fingerprint density at radius 2 is 1.74 bits per heavy atom. The van der Waals surface area contributed by atoms with Gasteiger partial charge in [-0.05, 0) is 26.0 Å². The number of aryl methyl sites for hydroxylation is 1. The van der Waals surface area contributed by atoms with E-state index in [4.69, 9.17) is 5.11 Å². The van der Waals surface area contributed by atoms with Crippen LogP contribution in [0, 0.1) is 6.92 Å². The molecule has 0 saturated carbocycles. The average Bonchev–Trinajstić information content (AvgIpc) is 2.35. The number of hydrogen-bond acceptors (Lipinski definition) is 5. The van der Waals surface area contributed by atoms with Crippen molar-refractivity contribution < 1.29 is 23.7 Å². The van der Waals surface area contributed by atoms with Gasteiger partial charge in [-0.25, -0.2) is 13.1 Å². The molecule has 0 aromatic heterocycles. The van der Waals surface area contributed by atoms with Crippen molar-refractivity contribution in [3.8, 4) is 0 Å². The fourth-order valence-corrected chi connectivity index (χ4v) is 2.78. The van der Waals surface area contributed by atoms with E-state index in [1.165, 1.54) is 19.1 Å². The van der Waals surface area contributed by atoms with Crippen LogP contribution in [0.25, 0.3) is 0 Å². The number of hydrogen-bond donors (Lipinski definition) is 4. The van der Waals surface area contributed by atoms with Gasteiger partial charge in [0.25, 0.3) is 0 Å². The summed E-state index contributed by atoms with van der Waals surface area (Å²) in [6.45, 7) is 2.53. The summed E-state index contributed by atoms with van der Waals surface area (Å²) in [5, 5.41) is 27.9. The van der Waals surface area contributed by atoms with E-state index in [1.807, 2.05) is 6.92 Å². The molecule has 3 atom stereocenters. The fraction of sp³-hybridized carbons (Fsp3) is 0.500. The van der Waals surface area contributed by atoms with Crippen LogP contribution < -0.4 is 4.72 Å². The highest BCUT2D eigenvalue weighted by molar-refractivity contribution is 7.89. The summed E-state index contributed by atoms with van der Waals surface area (Å²) in [6, 6.07) is 4.99. The van der Waals surface area contributed by atoms with E-state index >= 15 is 0 Å². The fourth-order valence-electron chi connectivity index (χ4n) is 1.54. The number of aliphatic hydroxyl groups excluding tert-OH is 3. The standard InChI is InChI=1S/C12H19NO5S/c1-8-3-5-10(6-4-8)19(17,18)13-11(7-14)12(16)9(2)15/h3-6,9,11-16H,7H2,1-2H3/t9-,11+,12-/m1/s1. The van der Waals surface area contributed by atoms with Gasteiger partial charge in [0.15, 0.2) is 0 Å². The van der Waals surface area contributed by atoms with Gasteiger partial charge in [0.05, 0.1) is 29.8 Å². The lowest BCUT2D eigenvalue weighted by atomic mass is 10.1. The van der Waals surface area contributed by atoms with Crippen LogP contribution in [0.15, 0.2) is 29.2 Å². The Morgan fingerprint density at radius 1 is 1.21 bits per heavy atom. The van der Waals surface area contributed by atoms with Gasteiger partial charge >= 0.3 is 0 Å². The van der Waals surface area contributed by atoms with E-state index < -0.39 is 34.9 Å². The van der Waals surface area contributed by atoms with Crippen molar-refractivity contribution in [2.75, 3.05) is 6.61 Å². The van der Waals surface area contributed by atoms with Crippen LogP contribution in [0.4, 0.5) is 0 Å². The molecule has 0 bridgehead atoms. The molecule has 0 aliphatic rings. The second kappa shape index (κ2) is 6.44. The van der Waals surface area contributed by atoms with E-state index in [-0.39, 0.29) is 4.90 Å².